The molecule has 1 aliphatic heterocycles. The van der Waals surface area contributed by atoms with Crippen molar-refractivity contribution in [1.29, 1.82) is 0 Å². The molecule has 0 saturated carbocycles. The van der Waals surface area contributed by atoms with Crippen LogP contribution in [0.3, 0.4) is 0 Å². The molecule has 1 saturated heterocycles. The van der Waals surface area contributed by atoms with Gasteiger partial charge in [-0.1, -0.05) is 0 Å². The first-order chi connectivity index (χ1) is 6.03. The summed E-state index contributed by atoms with van der Waals surface area (Å²) in [4.78, 5) is 0. The van der Waals surface area contributed by atoms with Gasteiger partial charge in [0.05, 0.1) is 6.61 Å². The van der Waals surface area contributed by atoms with Crippen molar-refractivity contribution in [3.8, 4) is 0 Å². The Labute approximate surface area is 108 Å². The van der Waals surface area contributed by atoms with Gasteiger partial charge in [-0.3, -0.25) is 0 Å². The molecule has 1 heterocycles. The number of hydrogen-bond donors (Lipinski definition) is 2. The van der Waals surface area contributed by atoms with E-state index in [4.69, 9.17) is 14.6 Å². The maximum atomic E-state index is 9.54. The van der Waals surface area contributed by atoms with Crippen LogP contribution < -0.4 is 0 Å². The third kappa shape index (κ3) is 2.10. The van der Waals surface area contributed by atoms with E-state index in [-0.39, 0.29) is 51.5 Å². The van der Waals surface area contributed by atoms with Crippen LogP contribution in [0.4, 0.5) is 0 Å². The zero-order valence-electron chi connectivity index (χ0n) is 8.30. The molecule has 2 rings (SSSR count). The van der Waals surface area contributed by atoms with Crippen LogP contribution in [0.2, 0.25) is 0 Å². The maximum absolute atomic E-state index is 9.54. The molecule has 0 aromatic rings. The molecule has 0 aromatic carbocycles. The van der Waals surface area contributed by atoms with Gasteiger partial charge in [-0.05, 0) is 25.5 Å². The molecule has 4 nitrogen and oxygen atoms in total. The molecule has 0 aromatic heterocycles. The number of rotatable bonds is 1. The van der Waals surface area contributed by atoms with E-state index in [1.807, 2.05) is 0 Å². The summed E-state index contributed by atoms with van der Waals surface area (Å²) in [5.41, 5.74) is 0.711. The van der Waals surface area contributed by atoms with E-state index >= 15 is 0 Å². The molecule has 0 spiro atoms. The summed E-state index contributed by atoms with van der Waals surface area (Å²) in [5.74, 6) is -0.662. The smallest absolute Gasteiger partial charge is 0.164 e. The Hall–Kier alpha value is 0.684. The van der Waals surface area contributed by atoms with Crippen molar-refractivity contribution < 1.29 is 52.4 Å². The first-order valence-corrected chi connectivity index (χ1v) is 4.38. The molecule has 2 N–H and O–H groups in total. The summed E-state index contributed by atoms with van der Waals surface area (Å²) in [6.45, 7) is 3.51. The standard InChI is InChI=1S/C9H14O4.Y/c1-9(2)12-7-5(4-10)3-6(11)8(7)13-9;/h3,6-8,10-11H,4H2,1-2H3;/t6-,7+,8-;/m1./s1. The van der Waals surface area contributed by atoms with Gasteiger partial charge in [0.2, 0.25) is 0 Å². The minimum Gasteiger partial charge on any atom is -0.392 e. The van der Waals surface area contributed by atoms with Gasteiger partial charge >= 0.3 is 0 Å². The van der Waals surface area contributed by atoms with Crippen LogP contribution in [-0.4, -0.2) is 40.9 Å². The normalized spacial score (nSPS) is 38.9. The zero-order valence-corrected chi connectivity index (χ0v) is 11.1. The second-order valence-electron chi connectivity index (χ2n) is 3.91. The minimum atomic E-state index is -0.662. The van der Waals surface area contributed by atoms with E-state index in [1.54, 1.807) is 19.9 Å². The maximum Gasteiger partial charge on any atom is 0.164 e. The summed E-state index contributed by atoms with van der Waals surface area (Å²) in [5, 5.41) is 18.5. The van der Waals surface area contributed by atoms with Crippen LogP contribution in [0.25, 0.3) is 0 Å². The fourth-order valence-electron chi connectivity index (χ4n) is 1.88. The molecule has 1 radical (unpaired) electrons. The molecule has 1 fully saturated rings. The zero-order chi connectivity index (χ0) is 9.64. The van der Waals surface area contributed by atoms with E-state index in [0.29, 0.717) is 5.57 Å². The molecule has 1 aliphatic carbocycles. The topological polar surface area (TPSA) is 58.9 Å². The Balaban J connectivity index is 0.000000980. The van der Waals surface area contributed by atoms with Crippen molar-refractivity contribution in [3.05, 3.63) is 11.6 Å². The van der Waals surface area contributed by atoms with E-state index in [9.17, 15) is 5.11 Å². The average molecular weight is 275 g/mol. The van der Waals surface area contributed by atoms with Crippen LogP contribution in [0.1, 0.15) is 13.8 Å². The molecular weight excluding hydrogens is 261 g/mol. The van der Waals surface area contributed by atoms with E-state index in [1.165, 1.54) is 0 Å². The van der Waals surface area contributed by atoms with Gasteiger partial charge in [0.25, 0.3) is 0 Å². The third-order valence-electron chi connectivity index (χ3n) is 2.40. The minimum absolute atomic E-state index is 0. The van der Waals surface area contributed by atoms with Crippen molar-refractivity contribution in [3.63, 3.8) is 0 Å². The van der Waals surface area contributed by atoms with Crippen molar-refractivity contribution in [2.75, 3.05) is 6.61 Å². The second-order valence-corrected chi connectivity index (χ2v) is 3.91. The molecule has 2 aliphatic rings. The first-order valence-electron chi connectivity index (χ1n) is 4.38. The summed E-state index contributed by atoms with van der Waals surface area (Å²) in [6.07, 6.45) is 0.311. The molecule has 0 amide bonds. The van der Waals surface area contributed by atoms with Crippen molar-refractivity contribution in [2.24, 2.45) is 0 Å². The van der Waals surface area contributed by atoms with E-state index in [0.717, 1.165) is 0 Å². The molecule has 77 valence electrons. The Kier molecular flexibility index (Phi) is 3.90. The van der Waals surface area contributed by atoms with Gasteiger partial charge in [-0.2, -0.15) is 0 Å². The molecule has 3 atom stereocenters. The number of ether oxygens (including phenoxy) is 2. The average Bonchev–Trinajstić information content (AvgIpc) is 2.47. The van der Waals surface area contributed by atoms with Crippen LogP contribution in [0.5, 0.6) is 0 Å². The first kappa shape index (κ1) is 12.8. The monoisotopic (exact) mass is 275 g/mol. The summed E-state index contributed by atoms with van der Waals surface area (Å²) in [6, 6.07) is 0. The van der Waals surface area contributed by atoms with Crippen LogP contribution in [-0.2, 0) is 42.2 Å². The molecule has 0 unspecified atom stereocenters. The number of hydrogen-bond acceptors (Lipinski definition) is 4. The van der Waals surface area contributed by atoms with Crippen LogP contribution in [0, 0.1) is 0 Å². The number of aliphatic hydroxyl groups is 2. The van der Waals surface area contributed by atoms with Gasteiger partial charge in [0.1, 0.15) is 18.3 Å². The molecule has 0 bridgehead atoms. The molecule has 5 heteroatoms. The Morgan fingerprint density at radius 1 is 1.43 bits per heavy atom. The number of fused-ring (bicyclic) bond motifs is 1. The van der Waals surface area contributed by atoms with E-state index < -0.39 is 11.9 Å². The van der Waals surface area contributed by atoms with Gasteiger partial charge in [0.15, 0.2) is 5.79 Å². The third-order valence-corrected chi connectivity index (χ3v) is 2.40. The van der Waals surface area contributed by atoms with Crippen molar-refractivity contribution >= 4 is 0 Å². The second kappa shape index (κ2) is 4.28. The quantitative estimate of drug-likeness (QED) is 0.651. The Morgan fingerprint density at radius 2 is 2.07 bits per heavy atom. The van der Waals surface area contributed by atoms with Crippen LogP contribution in [0.15, 0.2) is 11.6 Å². The summed E-state index contributed by atoms with van der Waals surface area (Å²) < 4.78 is 11.0. The van der Waals surface area contributed by atoms with Gasteiger partial charge in [-0.25, -0.2) is 0 Å². The summed E-state index contributed by atoms with van der Waals surface area (Å²) in [7, 11) is 0. The predicted octanol–water partition coefficient (Wildman–Crippen LogP) is -0.203. The number of aliphatic hydroxyl groups excluding tert-OH is 2. The fourth-order valence-corrected chi connectivity index (χ4v) is 1.88. The summed E-state index contributed by atoms with van der Waals surface area (Å²) >= 11 is 0. The Morgan fingerprint density at radius 3 is 2.64 bits per heavy atom. The van der Waals surface area contributed by atoms with E-state index in [2.05, 4.69) is 0 Å². The predicted molar refractivity (Wildman–Crippen MR) is 45.0 cm³/mol. The molecule has 14 heavy (non-hydrogen) atoms. The van der Waals surface area contributed by atoms with Gasteiger partial charge in [0, 0.05) is 32.7 Å². The van der Waals surface area contributed by atoms with Gasteiger partial charge in [-0.15, -0.1) is 0 Å². The van der Waals surface area contributed by atoms with Crippen molar-refractivity contribution in [1.82, 2.24) is 0 Å². The largest absolute Gasteiger partial charge is 0.392 e. The van der Waals surface area contributed by atoms with Crippen molar-refractivity contribution in [2.45, 2.75) is 37.9 Å². The van der Waals surface area contributed by atoms with Gasteiger partial charge < -0.3 is 19.7 Å². The Bertz CT molecular complexity index is 251. The molecular formula is C9H14O4Y. The van der Waals surface area contributed by atoms with Crippen LogP contribution >= 0.6 is 0 Å². The fraction of sp³-hybridized carbons (Fsp3) is 0.778. The SMILES string of the molecule is CC1(C)O[C@@H]2[C@H](O)C=C(CO)[C@@H]2O1.[Y].